The highest BCUT2D eigenvalue weighted by atomic mass is 32.2. The molecule has 20 heteroatoms. The first-order chi connectivity index (χ1) is 30.8. The second-order valence-electron chi connectivity index (χ2n) is 15.5. The number of thiazole rings is 2. The van der Waals surface area contributed by atoms with Gasteiger partial charge in [0.25, 0.3) is 0 Å². The third-order valence-corrected chi connectivity index (χ3v) is 16.9. The van der Waals surface area contributed by atoms with Crippen molar-refractivity contribution < 1.29 is 43.2 Å². The zero-order valence-electron chi connectivity index (χ0n) is 35.6. The standard InChI is InChI=1S/C23H24F3N3O2S2.C22H22F3N3O2S2/c1-2-5-17-8-10-18(11-9-17)20-16-32-22(27-20)28-12-14-29(15-13-28)33(30,31)21-7-4-3-6-19(21)23(24,25)26;1-15-6-5-7-16(2)20(15)18-14-31-21(26-18)27-10-12-28(13-11-27)32(29,30)19-9-4-3-8-17(19)22(23,24)25/h3-4,6-11,16H,2,5,12-15H2,1H3;3-9,14H,10-13H2,1-2H3. The smallest absolute Gasteiger partial charge is 0.345 e. The van der Waals surface area contributed by atoms with Gasteiger partial charge in [-0.15, -0.1) is 22.7 Å². The van der Waals surface area contributed by atoms with E-state index in [0.29, 0.717) is 26.2 Å². The first kappa shape index (κ1) is 48.1. The van der Waals surface area contributed by atoms with E-state index in [1.807, 2.05) is 64.7 Å². The lowest BCUT2D eigenvalue weighted by Gasteiger charge is -2.34. The van der Waals surface area contributed by atoms with E-state index in [2.05, 4.69) is 19.1 Å². The quantitative estimate of drug-likeness (QED) is 0.125. The molecule has 0 N–H and O–H groups in total. The van der Waals surface area contributed by atoms with E-state index in [1.54, 1.807) is 0 Å². The van der Waals surface area contributed by atoms with E-state index < -0.39 is 53.3 Å². The molecule has 4 heterocycles. The van der Waals surface area contributed by atoms with Crippen LogP contribution in [0.3, 0.4) is 0 Å². The van der Waals surface area contributed by atoms with Gasteiger partial charge in [-0.25, -0.2) is 26.8 Å². The van der Waals surface area contributed by atoms with Gasteiger partial charge >= 0.3 is 12.4 Å². The summed E-state index contributed by atoms with van der Waals surface area (Å²) < 4.78 is 134. The fraction of sp³-hybridized carbons (Fsp3) is 0.333. The summed E-state index contributed by atoms with van der Waals surface area (Å²) in [7, 11) is -8.52. The molecule has 65 heavy (non-hydrogen) atoms. The number of nitrogens with zero attached hydrogens (tertiary/aromatic N) is 6. The van der Waals surface area contributed by atoms with Gasteiger partial charge in [-0.2, -0.15) is 35.0 Å². The van der Waals surface area contributed by atoms with Crippen LogP contribution in [0.5, 0.6) is 0 Å². The number of hydrogen-bond acceptors (Lipinski definition) is 10. The van der Waals surface area contributed by atoms with Gasteiger partial charge in [0.2, 0.25) is 20.0 Å². The third-order valence-electron chi connectivity index (χ3n) is 11.1. The second kappa shape index (κ2) is 19.5. The molecule has 0 amide bonds. The van der Waals surface area contributed by atoms with E-state index in [1.165, 1.54) is 52.5 Å². The Morgan fingerprint density at radius 1 is 0.554 bits per heavy atom. The van der Waals surface area contributed by atoms with Crippen LogP contribution in [-0.4, -0.2) is 87.8 Å². The zero-order chi connectivity index (χ0) is 46.7. The molecule has 10 nitrogen and oxygen atoms in total. The van der Waals surface area contributed by atoms with Gasteiger partial charge in [0.15, 0.2) is 10.3 Å². The molecule has 0 radical (unpaired) electrons. The molecule has 4 aromatic carbocycles. The largest absolute Gasteiger partial charge is 0.417 e. The van der Waals surface area contributed by atoms with Gasteiger partial charge in [0, 0.05) is 74.2 Å². The van der Waals surface area contributed by atoms with E-state index in [9.17, 15) is 43.2 Å². The van der Waals surface area contributed by atoms with Crippen molar-refractivity contribution in [1.29, 1.82) is 0 Å². The number of aromatic nitrogens is 2. The molecular weight excluding hydrogens is 931 g/mol. The highest BCUT2D eigenvalue weighted by Gasteiger charge is 2.41. The summed E-state index contributed by atoms with van der Waals surface area (Å²) in [6.07, 6.45) is -7.36. The molecule has 6 aromatic rings. The van der Waals surface area contributed by atoms with Crippen molar-refractivity contribution >= 4 is 53.0 Å². The Labute approximate surface area is 382 Å². The van der Waals surface area contributed by atoms with Gasteiger partial charge in [-0.1, -0.05) is 80.1 Å². The third kappa shape index (κ3) is 10.7. The number of benzene rings is 4. The molecule has 8 rings (SSSR count). The van der Waals surface area contributed by atoms with Crippen molar-refractivity contribution in [2.75, 3.05) is 62.2 Å². The van der Waals surface area contributed by atoms with Crippen LogP contribution < -0.4 is 9.80 Å². The molecule has 0 spiro atoms. The molecule has 2 saturated heterocycles. The van der Waals surface area contributed by atoms with E-state index in [0.717, 1.165) is 89.6 Å². The van der Waals surface area contributed by atoms with Gasteiger partial charge in [-0.3, -0.25) is 0 Å². The predicted molar refractivity (Wildman–Crippen MR) is 243 cm³/mol. The summed E-state index contributed by atoms with van der Waals surface area (Å²) in [6, 6.07) is 23.0. The average molecular weight is 977 g/mol. The van der Waals surface area contributed by atoms with Crippen molar-refractivity contribution in [3.05, 3.63) is 130 Å². The average Bonchev–Trinajstić information content (AvgIpc) is 3.98. The summed E-state index contributed by atoms with van der Waals surface area (Å²) >= 11 is 2.95. The number of piperazine rings is 2. The van der Waals surface area contributed by atoms with Gasteiger partial charge in [0.05, 0.1) is 32.3 Å². The van der Waals surface area contributed by atoms with Crippen molar-refractivity contribution in [1.82, 2.24) is 18.6 Å². The SMILES string of the molecule is CCCc1ccc(-c2csc(N3CCN(S(=O)(=O)c4ccccc4C(F)(F)F)CC3)n2)cc1.Cc1cccc(C)c1-c1csc(N2CCN(S(=O)(=O)c3ccccc3C(F)(F)F)CC2)n1. The monoisotopic (exact) mass is 976 g/mol. The Morgan fingerprint density at radius 2 is 0.969 bits per heavy atom. The molecule has 0 bridgehead atoms. The molecule has 0 atom stereocenters. The lowest BCUT2D eigenvalue weighted by Crippen LogP contribution is -2.48. The maximum absolute atomic E-state index is 13.3. The summed E-state index contributed by atoms with van der Waals surface area (Å²) in [5.74, 6) is 0. The van der Waals surface area contributed by atoms with Crippen LogP contribution in [0.1, 0.15) is 41.2 Å². The number of aryl methyl sites for hydroxylation is 3. The molecule has 0 unspecified atom stereocenters. The summed E-state index contributed by atoms with van der Waals surface area (Å²) in [6.45, 7) is 7.99. The lowest BCUT2D eigenvalue weighted by atomic mass is 10.0. The van der Waals surface area contributed by atoms with Crippen LogP contribution >= 0.6 is 22.7 Å². The van der Waals surface area contributed by atoms with Crippen LogP contribution in [0.4, 0.5) is 36.6 Å². The molecule has 2 aromatic heterocycles. The van der Waals surface area contributed by atoms with Gasteiger partial charge in [-0.05, 0) is 61.2 Å². The fourth-order valence-corrected chi connectivity index (χ4v) is 12.8. The number of halogens is 6. The van der Waals surface area contributed by atoms with E-state index in [4.69, 9.17) is 9.97 Å². The Bertz CT molecular complexity index is 2800. The van der Waals surface area contributed by atoms with Gasteiger partial charge in [0.1, 0.15) is 0 Å². The summed E-state index contributed by atoms with van der Waals surface area (Å²) in [5, 5.41) is 5.49. The molecule has 0 saturated carbocycles. The molecule has 346 valence electrons. The maximum atomic E-state index is 13.3. The minimum Gasteiger partial charge on any atom is -0.345 e. The van der Waals surface area contributed by atoms with Crippen LogP contribution in [0.2, 0.25) is 0 Å². The maximum Gasteiger partial charge on any atom is 0.417 e. The minimum absolute atomic E-state index is 0.0901. The highest BCUT2D eigenvalue weighted by molar-refractivity contribution is 7.89. The summed E-state index contributed by atoms with van der Waals surface area (Å²) in [4.78, 5) is 12.0. The Hall–Kier alpha value is -4.86. The van der Waals surface area contributed by atoms with Gasteiger partial charge < -0.3 is 9.80 Å². The normalized spacial score (nSPS) is 15.8. The zero-order valence-corrected chi connectivity index (χ0v) is 38.9. The molecular formula is C45H46F6N6O4S4. The Balaban J connectivity index is 0.000000194. The lowest BCUT2D eigenvalue weighted by molar-refractivity contribution is -0.140. The Kier molecular flexibility index (Phi) is 14.5. The first-order valence-electron chi connectivity index (χ1n) is 20.7. The fourth-order valence-electron chi connectivity index (χ4n) is 7.78. The van der Waals surface area contributed by atoms with Crippen molar-refractivity contribution in [3.63, 3.8) is 0 Å². The molecule has 2 aliphatic heterocycles. The number of alkyl halides is 6. The van der Waals surface area contributed by atoms with Crippen molar-refractivity contribution in [2.45, 2.75) is 55.8 Å². The second-order valence-corrected chi connectivity index (χ2v) is 21.0. The topological polar surface area (TPSA) is 107 Å². The minimum atomic E-state index is -4.74. The molecule has 2 aliphatic rings. The van der Waals surface area contributed by atoms with Crippen LogP contribution in [0.15, 0.2) is 112 Å². The van der Waals surface area contributed by atoms with Crippen LogP contribution in [0, 0.1) is 13.8 Å². The van der Waals surface area contributed by atoms with Crippen LogP contribution in [-0.2, 0) is 38.8 Å². The Morgan fingerprint density at radius 3 is 1.40 bits per heavy atom. The van der Waals surface area contributed by atoms with Crippen molar-refractivity contribution in [3.8, 4) is 22.5 Å². The number of hydrogen-bond donors (Lipinski definition) is 0. The van der Waals surface area contributed by atoms with Crippen LogP contribution in [0.25, 0.3) is 22.5 Å². The number of anilines is 2. The highest BCUT2D eigenvalue weighted by Crippen LogP contribution is 2.38. The predicted octanol–water partition coefficient (Wildman–Crippen LogP) is 10.2. The van der Waals surface area contributed by atoms with E-state index >= 15 is 0 Å². The number of sulfonamides is 2. The van der Waals surface area contributed by atoms with Crippen molar-refractivity contribution in [2.24, 2.45) is 0 Å². The molecule has 2 fully saturated rings. The first-order valence-corrected chi connectivity index (χ1v) is 25.3. The van der Waals surface area contributed by atoms with E-state index in [-0.39, 0.29) is 26.2 Å². The molecule has 0 aliphatic carbocycles. The number of rotatable bonds is 10. The summed E-state index contributed by atoms with van der Waals surface area (Å²) in [5.41, 5.74) is 5.08.